The van der Waals surface area contributed by atoms with Crippen LogP contribution >= 0.6 is 38.5 Å². The van der Waals surface area contributed by atoms with Gasteiger partial charge in [0.05, 0.1) is 0 Å². The Kier molecular flexibility index (Phi) is 4.88. The normalized spacial score (nSPS) is 12.4. The molecule has 5 rings (SSSR count). The summed E-state index contributed by atoms with van der Waals surface area (Å²) >= 11 is 5.88. The minimum atomic E-state index is 0.107. The second kappa shape index (κ2) is 7.54. The number of fused-ring (bicyclic) bond motifs is 2. The molecular weight excluding hydrogens is 535 g/mol. The van der Waals surface area contributed by atoms with Crippen LogP contribution in [0.25, 0.3) is 22.3 Å². The van der Waals surface area contributed by atoms with E-state index in [0.717, 1.165) is 53.4 Å². The van der Waals surface area contributed by atoms with Gasteiger partial charge in [-0.15, -0.1) is 0 Å². The third-order valence-corrected chi connectivity index (χ3v) is 7.72. The highest BCUT2D eigenvalue weighted by molar-refractivity contribution is 14.1. The Morgan fingerprint density at radius 3 is 1.79 bits per heavy atom. The first kappa shape index (κ1) is 18.8. The number of rotatable bonds is 2. The molecule has 0 saturated heterocycles. The molecule has 1 nitrogen and oxygen atoms in total. The zero-order valence-electron chi connectivity index (χ0n) is 15.5. The molecule has 0 fully saturated rings. The second-order valence-electron chi connectivity index (χ2n) is 7.22. The van der Waals surface area contributed by atoms with Crippen molar-refractivity contribution in [3.8, 4) is 22.3 Å². The summed E-state index contributed by atoms with van der Waals surface area (Å²) in [5.74, 6) is 0.107. The van der Waals surface area contributed by atoms with Gasteiger partial charge in [-0.2, -0.15) is 0 Å². The van der Waals surface area contributed by atoms with Crippen molar-refractivity contribution in [2.24, 2.45) is 0 Å². The molecule has 0 radical (unpaired) electrons. The molecule has 0 atom stereocenters. The zero-order valence-corrected chi connectivity index (χ0v) is 19.2. The average molecular weight is 551 g/mol. The van der Waals surface area contributed by atoms with E-state index in [9.17, 15) is 4.79 Å². The van der Waals surface area contributed by atoms with Crippen LogP contribution in [-0.2, 0) is 6.42 Å². The molecule has 0 amide bonds. The van der Waals surface area contributed by atoms with Crippen LogP contribution in [-0.4, -0.2) is 5.78 Å². The SMILES string of the molecule is O=C1c2cc(Br)c(I)cc2Cc2cc(-c3ccccc3)c(-c3ccccc3)cc21. The van der Waals surface area contributed by atoms with Crippen molar-refractivity contribution in [1.82, 2.24) is 0 Å². The highest BCUT2D eigenvalue weighted by atomic mass is 127. The predicted octanol–water partition coefficient (Wildman–Crippen LogP) is 7.52. The van der Waals surface area contributed by atoms with E-state index in [4.69, 9.17) is 0 Å². The fourth-order valence-corrected chi connectivity index (χ4v) is 4.89. The molecule has 0 bridgehead atoms. The molecule has 0 saturated carbocycles. The molecule has 0 unspecified atom stereocenters. The average Bonchev–Trinajstić information content (AvgIpc) is 2.76. The monoisotopic (exact) mass is 550 g/mol. The van der Waals surface area contributed by atoms with Gasteiger partial charge < -0.3 is 0 Å². The largest absolute Gasteiger partial charge is 0.289 e. The Morgan fingerprint density at radius 1 is 0.655 bits per heavy atom. The van der Waals surface area contributed by atoms with Gasteiger partial charge in [-0.3, -0.25) is 4.79 Å². The first-order valence-electron chi connectivity index (χ1n) is 9.42. The second-order valence-corrected chi connectivity index (χ2v) is 9.23. The first-order chi connectivity index (χ1) is 14.1. The summed E-state index contributed by atoms with van der Waals surface area (Å²) in [5.41, 5.74) is 8.35. The van der Waals surface area contributed by atoms with Crippen molar-refractivity contribution in [3.63, 3.8) is 0 Å². The van der Waals surface area contributed by atoms with Gasteiger partial charge in [0.1, 0.15) is 0 Å². The summed E-state index contributed by atoms with van der Waals surface area (Å²) in [6.45, 7) is 0. The Balaban J connectivity index is 1.75. The van der Waals surface area contributed by atoms with Gasteiger partial charge in [0, 0.05) is 19.2 Å². The van der Waals surface area contributed by atoms with Gasteiger partial charge in [-0.1, -0.05) is 60.7 Å². The third kappa shape index (κ3) is 3.36. The van der Waals surface area contributed by atoms with Crippen molar-refractivity contribution in [2.45, 2.75) is 6.42 Å². The number of hydrogen-bond donors (Lipinski definition) is 0. The van der Waals surface area contributed by atoms with E-state index in [1.54, 1.807) is 0 Å². The molecule has 0 aliphatic heterocycles. The van der Waals surface area contributed by atoms with E-state index in [0.29, 0.717) is 0 Å². The molecule has 0 spiro atoms. The highest BCUT2D eigenvalue weighted by Crippen LogP contribution is 2.39. The lowest BCUT2D eigenvalue weighted by Crippen LogP contribution is -2.16. The number of halogens is 2. The molecular formula is C26H16BrIO. The molecule has 0 aromatic heterocycles. The zero-order chi connectivity index (χ0) is 20.0. The summed E-state index contributed by atoms with van der Waals surface area (Å²) in [4.78, 5) is 13.4. The fourth-order valence-electron chi connectivity index (χ4n) is 4.01. The van der Waals surface area contributed by atoms with Crippen LogP contribution in [0, 0.1) is 3.57 Å². The summed E-state index contributed by atoms with van der Waals surface area (Å²) in [7, 11) is 0. The topological polar surface area (TPSA) is 17.1 Å². The van der Waals surface area contributed by atoms with Crippen LogP contribution in [0.4, 0.5) is 0 Å². The van der Waals surface area contributed by atoms with Gasteiger partial charge in [-0.25, -0.2) is 0 Å². The first-order valence-corrected chi connectivity index (χ1v) is 11.3. The van der Waals surface area contributed by atoms with Crippen LogP contribution in [0.3, 0.4) is 0 Å². The van der Waals surface area contributed by atoms with Crippen molar-refractivity contribution in [3.05, 3.63) is 115 Å². The Morgan fingerprint density at radius 2 is 1.17 bits per heavy atom. The number of benzene rings is 4. The van der Waals surface area contributed by atoms with E-state index in [-0.39, 0.29) is 5.78 Å². The standard InChI is InChI=1S/C26H16BrIO/c27-24-15-23-19(13-25(24)28)11-18-12-20(16-7-3-1-4-8-16)21(14-22(18)26(23)29)17-9-5-2-6-10-17/h1-10,12-15H,11H2. The fraction of sp³-hybridized carbons (Fsp3) is 0.0385. The lowest BCUT2D eigenvalue weighted by atomic mass is 9.81. The van der Waals surface area contributed by atoms with Crippen LogP contribution < -0.4 is 0 Å². The van der Waals surface area contributed by atoms with Crippen molar-refractivity contribution < 1.29 is 4.79 Å². The third-order valence-electron chi connectivity index (χ3n) is 5.43. The smallest absolute Gasteiger partial charge is 0.193 e. The predicted molar refractivity (Wildman–Crippen MR) is 130 cm³/mol. The maximum Gasteiger partial charge on any atom is 0.193 e. The van der Waals surface area contributed by atoms with Gasteiger partial charge in [0.2, 0.25) is 0 Å². The van der Waals surface area contributed by atoms with Crippen molar-refractivity contribution in [1.29, 1.82) is 0 Å². The number of carbonyl (C=O) groups is 1. The molecule has 29 heavy (non-hydrogen) atoms. The molecule has 0 N–H and O–H groups in total. The lowest BCUT2D eigenvalue weighted by molar-refractivity contribution is 0.103. The molecule has 3 heteroatoms. The molecule has 4 aromatic rings. The molecule has 1 aliphatic carbocycles. The Hall–Kier alpha value is -2.24. The van der Waals surface area contributed by atoms with E-state index >= 15 is 0 Å². The van der Waals surface area contributed by atoms with Gasteiger partial charge in [0.15, 0.2) is 5.78 Å². The molecule has 1 aliphatic rings. The number of ketones is 1. The molecule has 0 heterocycles. The molecule has 140 valence electrons. The van der Waals surface area contributed by atoms with Gasteiger partial charge in [-0.05, 0) is 103 Å². The summed E-state index contributed by atoms with van der Waals surface area (Å²) < 4.78 is 2.10. The summed E-state index contributed by atoms with van der Waals surface area (Å²) in [6, 6.07) is 29.1. The quantitative estimate of drug-likeness (QED) is 0.208. The summed E-state index contributed by atoms with van der Waals surface area (Å²) in [6.07, 6.45) is 0.772. The van der Waals surface area contributed by atoms with E-state index in [1.165, 1.54) is 5.56 Å². The van der Waals surface area contributed by atoms with Crippen LogP contribution in [0.1, 0.15) is 27.0 Å². The Bertz CT molecular complexity index is 1250. The van der Waals surface area contributed by atoms with Crippen molar-refractivity contribution in [2.75, 3.05) is 0 Å². The van der Waals surface area contributed by atoms with Crippen molar-refractivity contribution >= 4 is 44.3 Å². The highest BCUT2D eigenvalue weighted by Gasteiger charge is 2.26. The van der Waals surface area contributed by atoms with E-state index in [1.807, 2.05) is 30.3 Å². The number of hydrogen-bond acceptors (Lipinski definition) is 1. The van der Waals surface area contributed by atoms with Crippen LogP contribution in [0.15, 0.2) is 89.4 Å². The number of carbonyl (C=O) groups excluding carboxylic acids is 1. The summed E-state index contributed by atoms with van der Waals surface area (Å²) in [5, 5.41) is 0. The molecule has 4 aromatic carbocycles. The van der Waals surface area contributed by atoms with E-state index < -0.39 is 0 Å². The van der Waals surface area contributed by atoms with Crippen LogP contribution in [0.5, 0.6) is 0 Å². The van der Waals surface area contributed by atoms with E-state index in [2.05, 4.69) is 93.1 Å². The minimum absolute atomic E-state index is 0.107. The van der Waals surface area contributed by atoms with Gasteiger partial charge in [0.25, 0.3) is 0 Å². The van der Waals surface area contributed by atoms with Crippen LogP contribution in [0.2, 0.25) is 0 Å². The minimum Gasteiger partial charge on any atom is -0.289 e. The van der Waals surface area contributed by atoms with Gasteiger partial charge >= 0.3 is 0 Å². The Labute approximate surface area is 192 Å². The lowest BCUT2D eigenvalue weighted by Gasteiger charge is -2.22. The maximum atomic E-state index is 13.4. The maximum absolute atomic E-state index is 13.4.